The van der Waals surface area contributed by atoms with Crippen molar-refractivity contribution in [2.75, 3.05) is 23.9 Å². The van der Waals surface area contributed by atoms with Gasteiger partial charge in [0.25, 0.3) is 0 Å². The first-order valence-corrected chi connectivity index (χ1v) is 7.05. The summed E-state index contributed by atoms with van der Waals surface area (Å²) < 4.78 is 10.8. The van der Waals surface area contributed by atoms with E-state index in [4.69, 9.17) is 16.7 Å². The number of carboxylic acids is 1. The fourth-order valence-electron chi connectivity index (χ4n) is 1.18. The van der Waals surface area contributed by atoms with Crippen LogP contribution in [0.5, 0.6) is 0 Å². The highest BCUT2D eigenvalue weighted by atomic mass is 35.5. The Balaban J connectivity index is 2.57. The Morgan fingerprint density at radius 1 is 1.59 bits per heavy atom. The quantitative estimate of drug-likeness (QED) is 0.772. The molecule has 1 aromatic rings. The number of aromatic nitrogens is 1. The topological polar surface area (TPSA) is 79.3 Å². The molecule has 0 aliphatic heterocycles. The van der Waals surface area contributed by atoms with Crippen LogP contribution in [0.15, 0.2) is 12.1 Å². The number of carbonyl (C=O) groups is 1. The fraction of sp³-hybridized carbons (Fsp3) is 0.400. The second-order valence-corrected chi connectivity index (χ2v) is 5.35. The molecule has 0 aliphatic carbocycles. The normalized spacial score (nSPS) is 12.1. The maximum atomic E-state index is 10.8. The zero-order valence-corrected chi connectivity index (χ0v) is 10.8. The largest absolute Gasteiger partial charge is 0.476 e. The van der Waals surface area contributed by atoms with E-state index in [1.165, 1.54) is 6.07 Å². The van der Waals surface area contributed by atoms with Crippen LogP contribution in [0.2, 0.25) is 5.02 Å². The van der Waals surface area contributed by atoms with Gasteiger partial charge in [-0.25, -0.2) is 9.78 Å². The van der Waals surface area contributed by atoms with Crippen LogP contribution in [0.1, 0.15) is 16.9 Å². The van der Waals surface area contributed by atoms with Crippen molar-refractivity contribution in [1.29, 1.82) is 0 Å². The van der Waals surface area contributed by atoms with Crippen molar-refractivity contribution in [1.82, 2.24) is 4.98 Å². The van der Waals surface area contributed by atoms with Crippen LogP contribution in [0, 0.1) is 0 Å². The van der Waals surface area contributed by atoms with Gasteiger partial charge in [-0.05, 0) is 18.6 Å². The molecule has 7 heteroatoms. The lowest BCUT2D eigenvalue weighted by atomic mass is 10.3. The molecule has 1 rings (SSSR count). The molecule has 1 atom stereocenters. The highest BCUT2D eigenvalue weighted by molar-refractivity contribution is 7.84. The van der Waals surface area contributed by atoms with Crippen LogP contribution in [-0.2, 0) is 10.8 Å². The first-order chi connectivity index (χ1) is 8.00. The lowest BCUT2D eigenvalue weighted by molar-refractivity contribution is 0.0691. The average Bonchev–Trinajstić information content (AvgIpc) is 2.25. The van der Waals surface area contributed by atoms with E-state index >= 15 is 0 Å². The molecule has 0 bridgehead atoms. The van der Waals surface area contributed by atoms with Crippen molar-refractivity contribution in [3.63, 3.8) is 0 Å². The molecule has 0 amide bonds. The molecular formula is C10H13ClN2O3S. The van der Waals surface area contributed by atoms with Gasteiger partial charge >= 0.3 is 5.97 Å². The van der Waals surface area contributed by atoms with Gasteiger partial charge < -0.3 is 10.4 Å². The molecule has 94 valence electrons. The van der Waals surface area contributed by atoms with E-state index in [1.54, 1.807) is 12.3 Å². The molecule has 0 aliphatic rings. The summed E-state index contributed by atoms with van der Waals surface area (Å²) in [7, 11) is -0.814. The van der Waals surface area contributed by atoms with Gasteiger partial charge in [-0.2, -0.15) is 0 Å². The number of anilines is 1. The Morgan fingerprint density at radius 3 is 2.88 bits per heavy atom. The predicted molar refractivity (Wildman–Crippen MR) is 68.2 cm³/mol. The SMILES string of the molecule is CS(=O)CCCNc1ccc(Cl)c(C(=O)O)n1. The van der Waals surface area contributed by atoms with Crippen molar-refractivity contribution in [3.8, 4) is 0 Å². The summed E-state index contributed by atoms with van der Waals surface area (Å²) in [6, 6.07) is 3.09. The Kier molecular flexibility index (Phi) is 5.37. The van der Waals surface area contributed by atoms with E-state index in [1.807, 2.05) is 0 Å². The molecule has 5 nitrogen and oxygen atoms in total. The van der Waals surface area contributed by atoms with Gasteiger partial charge in [0.05, 0.1) is 5.02 Å². The maximum absolute atomic E-state index is 10.8. The lowest BCUT2D eigenvalue weighted by Gasteiger charge is -2.06. The van der Waals surface area contributed by atoms with E-state index in [0.29, 0.717) is 18.1 Å². The number of hydrogen-bond acceptors (Lipinski definition) is 4. The number of rotatable bonds is 6. The third-order valence-corrected chi connectivity index (χ3v) is 3.13. The Hall–Kier alpha value is -1.14. The van der Waals surface area contributed by atoms with E-state index in [0.717, 1.165) is 6.42 Å². The molecule has 0 fully saturated rings. The fourth-order valence-corrected chi connectivity index (χ4v) is 1.92. The number of carboxylic acid groups (broad SMARTS) is 1. The van der Waals surface area contributed by atoms with Crippen molar-refractivity contribution >= 4 is 34.2 Å². The minimum absolute atomic E-state index is 0.109. The Bertz CT molecular complexity index is 440. The summed E-state index contributed by atoms with van der Waals surface area (Å²) in [5, 5.41) is 11.9. The monoisotopic (exact) mass is 276 g/mol. The average molecular weight is 277 g/mol. The second kappa shape index (κ2) is 6.56. The smallest absolute Gasteiger partial charge is 0.356 e. The van der Waals surface area contributed by atoms with Gasteiger partial charge in [0.1, 0.15) is 5.82 Å². The van der Waals surface area contributed by atoms with Crippen LogP contribution in [0.3, 0.4) is 0 Å². The third kappa shape index (κ3) is 4.70. The van der Waals surface area contributed by atoms with Crippen LogP contribution in [0.25, 0.3) is 0 Å². The van der Waals surface area contributed by atoms with Gasteiger partial charge in [0.2, 0.25) is 0 Å². The molecule has 1 heterocycles. The molecule has 0 saturated heterocycles. The first-order valence-electron chi connectivity index (χ1n) is 4.94. The molecule has 2 N–H and O–H groups in total. The van der Waals surface area contributed by atoms with Crippen molar-refractivity contribution in [2.24, 2.45) is 0 Å². The van der Waals surface area contributed by atoms with Crippen LogP contribution in [-0.4, -0.2) is 38.8 Å². The van der Waals surface area contributed by atoms with Crippen LogP contribution >= 0.6 is 11.6 Å². The third-order valence-electron chi connectivity index (χ3n) is 1.96. The zero-order chi connectivity index (χ0) is 12.8. The van der Waals surface area contributed by atoms with Crippen LogP contribution < -0.4 is 5.32 Å². The molecule has 17 heavy (non-hydrogen) atoms. The molecule has 0 aromatic carbocycles. The summed E-state index contributed by atoms with van der Waals surface area (Å²) in [6.45, 7) is 0.591. The number of nitrogens with zero attached hydrogens (tertiary/aromatic N) is 1. The molecule has 0 saturated carbocycles. The maximum Gasteiger partial charge on any atom is 0.356 e. The minimum Gasteiger partial charge on any atom is -0.476 e. The standard InChI is InChI=1S/C10H13ClN2O3S/c1-17(16)6-2-5-12-8-4-3-7(11)9(13-8)10(14)15/h3-4H,2,5-6H2,1H3,(H,12,13)(H,14,15). The van der Waals surface area contributed by atoms with E-state index in [2.05, 4.69) is 10.3 Å². The van der Waals surface area contributed by atoms with Gasteiger partial charge in [-0.1, -0.05) is 11.6 Å². The summed E-state index contributed by atoms with van der Waals surface area (Å²) in [4.78, 5) is 14.6. The van der Waals surface area contributed by atoms with Gasteiger partial charge in [0.15, 0.2) is 5.69 Å². The number of aromatic carboxylic acids is 1. The van der Waals surface area contributed by atoms with E-state index in [9.17, 15) is 9.00 Å². The molecular weight excluding hydrogens is 264 g/mol. The number of nitrogens with one attached hydrogen (secondary N) is 1. The summed E-state index contributed by atoms with van der Waals surface area (Å²) in [6.07, 6.45) is 2.37. The highest BCUT2D eigenvalue weighted by Crippen LogP contribution is 2.16. The van der Waals surface area contributed by atoms with Crippen molar-refractivity contribution in [2.45, 2.75) is 6.42 Å². The van der Waals surface area contributed by atoms with Gasteiger partial charge in [-0.3, -0.25) is 4.21 Å². The number of halogens is 1. The summed E-state index contributed by atoms with van der Waals surface area (Å²) in [5.74, 6) is -0.103. The number of pyridine rings is 1. The zero-order valence-electron chi connectivity index (χ0n) is 9.27. The number of hydrogen-bond donors (Lipinski definition) is 2. The summed E-state index contributed by atoms with van der Waals surface area (Å²) >= 11 is 5.68. The predicted octanol–water partition coefficient (Wildman–Crippen LogP) is 1.61. The molecule has 1 unspecified atom stereocenters. The first kappa shape index (κ1) is 13.9. The lowest BCUT2D eigenvalue weighted by Crippen LogP contribution is -2.09. The minimum atomic E-state index is -1.16. The van der Waals surface area contributed by atoms with E-state index < -0.39 is 16.8 Å². The molecule has 1 aromatic heterocycles. The van der Waals surface area contributed by atoms with Gasteiger partial charge in [0, 0.05) is 29.4 Å². The van der Waals surface area contributed by atoms with Crippen molar-refractivity contribution < 1.29 is 14.1 Å². The van der Waals surface area contributed by atoms with Crippen molar-refractivity contribution in [3.05, 3.63) is 22.8 Å². The van der Waals surface area contributed by atoms with E-state index in [-0.39, 0.29) is 10.7 Å². The van der Waals surface area contributed by atoms with Crippen LogP contribution in [0.4, 0.5) is 5.82 Å². The highest BCUT2D eigenvalue weighted by Gasteiger charge is 2.10. The molecule has 0 spiro atoms. The second-order valence-electron chi connectivity index (χ2n) is 3.39. The van der Waals surface area contributed by atoms with Gasteiger partial charge in [-0.15, -0.1) is 0 Å². The Morgan fingerprint density at radius 2 is 2.29 bits per heavy atom. The Labute approximate surface area is 107 Å². The molecule has 0 radical (unpaired) electrons. The summed E-state index contributed by atoms with van der Waals surface area (Å²) in [5.41, 5.74) is -0.171.